The summed E-state index contributed by atoms with van der Waals surface area (Å²) in [4.78, 5) is 0. The van der Waals surface area contributed by atoms with Crippen LogP contribution in [-0.4, -0.2) is 25.1 Å². The van der Waals surface area contributed by atoms with Crippen LogP contribution in [0.4, 0.5) is 4.39 Å². The Labute approximate surface area is 94.5 Å². The van der Waals surface area contributed by atoms with Gasteiger partial charge in [-0.05, 0) is 36.1 Å². The number of benzene rings is 1. The van der Waals surface area contributed by atoms with Crippen LogP contribution >= 0.6 is 11.8 Å². The second kappa shape index (κ2) is 4.54. The van der Waals surface area contributed by atoms with Gasteiger partial charge in [-0.2, -0.15) is 11.8 Å². The summed E-state index contributed by atoms with van der Waals surface area (Å²) in [5.74, 6) is 1.01. The highest BCUT2D eigenvalue weighted by Gasteiger charge is 2.37. The van der Waals surface area contributed by atoms with Crippen LogP contribution in [0, 0.1) is 5.82 Å². The van der Waals surface area contributed by atoms with Crippen molar-refractivity contribution in [3.63, 3.8) is 0 Å². The lowest BCUT2D eigenvalue weighted by Gasteiger charge is -2.43. The first-order valence-corrected chi connectivity index (χ1v) is 6.62. The SMILES string of the molecule is CSCCC1(c2cccc(F)c2)CNC1. The molecule has 1 fully saturated rings. The number of nitrogens with one attached hydrogen (secondary N) is 1. The number of thioether (sulfide) groups is 1. The molecule has 1 nitrogen and oxygen atoms in total. The van der Waals surface area contributed by atoms with Crippen LogP contribution in [0.3, 0.4) is 0 Å². The lowest BCUT2D eigenvalue weighted by molar-refractivity contribution is 0.269. The minimum Gasteiger partial charge on any atom is -0.315 e. The molecule has 1 aromatic carbocycles. The van der Waals surface area contributed by atoms with Crippen LogP contribution in [0.1, 0.15) is 12.0 Å². The third-order valence-corrected chi connectivity index (χ3v) is 3.76. The van der Waals surface area contributed by atoms with E-state index in [4.69, 9.17) is 0 Å². The van der Waals surface area contributed by atoms with E-state index < -0.39 is 0 Å². The van der Waals surface area contributed by atoms with Crippen molar-refractivity contribution in [1.82, 2.24) is 5.32 Å². The number of rotatable bonds is 4. The summed E-state index contributed by atoms with van der Waals surface area (Å²) in [6.07, 6.45) is 3.25. The van der Waals surface area contributed by atoms with Crippen molar-refractivity contribution in [2.45, 2.75) is 11.8 Å². The molecule has 2 rings (SSSR count). The van der Waals surface area contributed by atoms with Crippen LogP contribution in [0.25, 0.3) is 0 Å². The molecular formula is C12H16FNS. The fourth-order valence-electron chi connectivity index (χ4n) is 2.07. The maximum Gasteiger partial charge on any atom is 0.123 e. The molecule has 0 amide bonds. The van der Waals surface area contributed by atoms with Gasteiger partial charge in [-0.1, -0.05) is 12.1 Å². The molecular weight excluding hydrogens is 209 g/mol. The Morgan fingerprint density at radius 3 is 2.80 bits per heavy atom. The van der Waals surface area contributed by atoms with Crippen molar-refractivity contribution in [2.24, 2.45) is 0 Å². The van der Waals surface area contributed by atoms with Gasteiger partial charge >= 0.3 is 0 Å². The molecule has 0 atom stereocenters. The van der Waals surface area contributed by atoms with Gasteiger partial charge in [0.1, 0.15) is 5.82 Å². The quantitative estimate of drug-likeness (QED) is 0.844. The summed E-state index contributed by atoms with van der Waals surface area (Å²) in [7, 11) is 0. The Kier molecular flexibility index (Phi) is 3.32. The Morgan fingerprint density at radius 2 is 2.27 bits per heavy atom. The summed E-state index contributed by atoms with van der Waals surface area (Å²) in [5, 5.41) is 3.30. The fourth-order valence-corrected chi connectivity index (χ4v) is 2.66. The topological polar surface area (TPSA) is 12.0 Å². The second-order valence-electron chi connectivity index (χ2n) is 4.14. The van der Waals surface area contributed by atoms with E-state index in [-0.39, 0.29) is 11.2 Å². The van der Waals surface area contributed by atoms with E-state index in [1.807, 2.05) is 23.9 Å². The first kappa shape index (κ1) is 11.0. The standard InChI is InChI=1S/C12H16FNS/c1-15-6-5-12(8-14-9-12)10-3-2-4-11(13)7-10/h2-4,7,14H,5-6,8-9H2,1H3. The minimum absolute atomic E-state index is 0.122. The van der Waals surface area contributed by atoms with Crippen molar-refractivity contribution >= 4 is 11.8 Å². The largest absolute Gasteiger partial charge is 0.315 e. The van der Waals surface area contributed by atoms with Crippen LogP contribution in [-0.2, 0) is 5.41 Å². The Hall–Kier alpha value is -0.540. The molecule has 0 aliphatic carbocycles. The average Bonchev–Trinajstić information content (AvgIpc) is 2.16. The zero-order chi connectivity index (χ0) is 10.7. The van der Waals surface area contributed by atoms with Gasteiger partial charge in [0.2, 0.25) is 0 Å². The predicted molar refractivity (Wildman–Crippen MR) is 63.9 cm³/mol. The fraction of sp³-hybridized carbons (Fsp3) is 0.500. The normalized spacial score (nSPS) is 18.5. The average molecular weight is 225 g/mol. The molecule has 82 valence electrons. The Morgan fingerprint density at radius 1 is 1.47 bits per heavy atom. The van der Waals surface area contributed by atoms with E-state index >= 15 is 0 Å². The van der Waals surface area contributed by atoms with Crippen LogP contribution in [0.5, 0.6) is 0 Å². The summed E-state index contributed by atoms with van der Waals surface area (Å²) in [5.41, 5.74) is 1.33. The van der Waals surface area contributed by atoms with E-state index in [1.165, 1.54) is 6.07 Å². The van der Waals surface area contributed by atoms with Crippen LogP contribution in [0.15, 0.2) is 24.3 Å². The van der Waals surface area contributed by atoms with Crippen molar-refractivity contribution < 1.29 is 4.39 Å². The molecule has 0 radical (unpaired) electrons. The molecule has 1 aliphatic heterocycles. The first-order valence-electron chi connectivity index (χ1n) is 5.23. The zero-order valence-corrected chi connectivity index (χ0v) is 9.74. The molecule has 0 saturated carbocycles. The van der Waals surface area contributed by atoms with Crippen LogP contribution in [0.2, 0.25) is 0 Å². The highest BCUT2D eigenvalue weighted by molar-refractivity contribution is 7.98. The molecule has 15 heavy (non-hydrogen) atoms. The summed E-state index contributed by atoms with van der Waals surface area (Å²) in [6.45, 7) is 1.97. The monoisotopic (exact) mass is 225 g/mol. The molecule has 3 heteroatoms. The van der Waals surface area contributed by atoms with E-state index in [2.05, 4.69) is 11.6 Å². The number of hydrogen-bond acceptors (Lipinski definition) is 2. The van der Waals surface area contributed by atoms with E-state index in [0.717, 1.165) is 30.8 Å². The maximum absolute atomic E-state index is 13.2. The van der Waals surface area contributed by atoms with Crippen molar-refractivity contribution in [3.05, 3.63) is 35.6 Å². The highest BCUT2D eigenvalue weighted by Crippen LogP contribution is 2.33. The van der Waals surface area contributed by atoms with Gasteiger partial charge in [0.25, 0.3) is 0 Å². The van der Waals surface area contributed by atoms with E-state index in [9.17, 15) is 4.39 Å². The maximum atomic E-state index is 13.2. The lowest BCUT2D eigenvalue weighted by Crippen LogP contribution is -2.57. The molecule has 1 N–H and O–H groups in total. The molecule has 0 spiro atoms. The summed E-state index contributed by atoms with van der Waals surface area (Å²) in [6, 6.07) is 7.05. The molecule has 0 bridgehead atoms. The smallest absolute Gasteiger partial charge is 0.123 e. The number of hydrogen-bond donors (Lipinski definition) is 1. The summed E-state index contributed by atoms with van der Waals surface area (Å²) >= 11 is 1.86. The molecule has 0 unspecified atom stereocenters. The van der Waals surface area contributed by atoms with Crippen molar-refractivity contribution in [3.8, 4) is 0 Å². The molecule has 1 saturated heterocycles. The molecule has 1 aromatic rings. The Balaban J connectivity index is 2.18. The third-order valence-electron chi connectivity index (χ3n) is 3.15. The molecule has 0 aromatic heterocycles. The lowest BCUT2D eigenvalue weighted by atomic mass is 9.73. The molecule has 1 aliphatic rings. The predicted octanol–water partition coefficient (Wildman–Crippen LogP) is 2.42. The van der Waals surface area contributed by atoms with Gasteiger partial charge in [0.15, 0.2) is 0 Å². The van der Waals surface area contributed by atoms with Crippen molar-refractivity contribution in [1.29, 1.82) is 0 Å². The highest BCUT2D eigenvalue weighted by atomic mass is 32.2. The van der Waals surface area contributed by atoms with Gasteiger partial charge in [-0.15, -0.1) is 0 Å². The van der Waals surface area contributed by atoms with Gasteiger partial charge in [0.05, 0.1) is 0 Å². The number of halogens is 1. The minimum atomic E-state index is -0.122. The summed E-state index contributed by atoms with van der Waals surface area (Å²) < 4.78 is 13.2. The van der Waals surface area contributed by atoms with Gasteiger partial charge in [-0.3, -0.25) is 0 Å². The van der Waals surface area contributed by atoms with E-state index in [0.29, 0.717) is 0 Å². The van der Waals surface area contributed by atoms with Gasteiger partial charge in [0, 0.05) is 18.5 Å². The van der Waals surface area contributed by atoms with Crippen LogP contribution < -0.4 is 5.32 Å². The zero-order valence-electron chi connectivity index (χ0n) is 8.92. The second-order valence-corrected chi connectivity index (χ2v) is 5.12. The van der Waals surface area contributed by atoms with Gasteiger partial charge in [-0.25, -0.2) is 4.39 Å². The van der Waals surface area contributed by atoms with Gasteiger partial charge < -0.3 is 5.32 Å². The van der Waals surface area contributed by atoms with Crippen molar-refractivity contribution in [2.75, 3.05) is 25.1 Å². The third kappa shape index (κ3) is 2.18. The molecule has 1 heterocycles. The first-order chi connectivity index (χ1) is 7.27. The van der Waals surface area contributed by atoms with E-state index in [1.54, 1.807) is 6.07 Å². The Bertz CT molecular complexity index is 336.